The number of nitrogen functional groups attached to an aromatic ring is 1. The van der Waals surface area contributed by atoms with E-state index < -0.39 is 5.82 Å². The predicted octanol–water partition coefficient (Wildman–Crippen LogP) is 4.15. The highest BCUT2D eigenvalue weighted by Gasteiger charge is 2.38. The van der Waals surface area contributed by atoms with Gasteiger partial charge in [-0.15, -0.1) is 0 Å². The van der Waals surface area contributed by atoms with E-state index >= 15 is 4.39 Å². The van der Waals surface area contributed by atoms with Gasteiger partial charge in [0.05, 0.1) is 43.2 Å². The maximum Gasteiger partial charge on any atom is 0.258 e. The smallest absolute Gasteiger partial charge is 0.258 e. The number of nitrogens with zero attached hydrogens (tertiary/aromatic N) is 2. The van der Waals surface area contributed by atoms with Crippen LogP contribution >= 0.6 is 0 Å². The number of aromatic nitrogens is 1. The van der Waals surface area contributed by atoms with Crippen LogP contribution in [0.3, 0.4) is 0 Å². The number of anilines is 1. The summed E-state index contributed by atoms with van der Waals surface area (Å²) >= 11 is 0. The molecule has 0 bridgehead atoms. The van der Waals surface area contributed by atoms with Crippen molar-refractivity contribution in [3.05, 3.63) is 47.4 Å². The average molecular weight is 407 g/mol. The Morgan fingerprint density at radius 1 is 1.10 bits per heavy atom. The Morgan fingerprint density at radius 3 is 2.53 bits per heavy atom. The van der Waals surface area contributed by atoms with Gasteiger partial charge in [-0.3, -0.25) is 4.79 Å². The van der Waals surface area contributed by atoms with E-state index in [9.17, 15) is 4.79 Å². The van der Waals surface area contributed by atoms with Gasteiger partial charge in [0.25, 0.3) is 5.91 Å². The number of hydrogen-bond acceptors (Lipinski definition) is 5. The van der Waals surface area contributed by atoms with Crippen LogP contribution in [0.5, 0.6) is 11.5 Å². The van der Waals surface area contributed by atoms with Crippen LogP contribution in [0.1, 0.15) is 35.3 Å². The summed E-state index contributed by atoms with van der Waals surface area (Å²) in [6, 6.07) is 8.41. The van der Waals surface area contributed by atoms with Crippen LogP contribution in [0.15, 0.2) is 30.3 Å². The minimum atomic E-state index is -0.415. The van der Waals surface area contributed by atoms with Crippen LogP contribution in [0, 0.1) is 5.82 Å². The lowest BCUT2D eigenvalue weighted by molar-refractivity contribution is 0.0606. The Bertz CT molecular complexity index is 1190. The molecule has 30 heavy (non-hydrogen) atoms. The van der Waals surface area contributed by atoms with Crippen LogP contribution in [0.4, 0.5) is 10.1 Å². The van der Waals surface area contributed by atoms with Crippen molar-refractivity contribution in [3.8, 4) is 22.6 Å². The molecule has 0 saturated heterocycles. The molecule has 5 rings (SSSR count). The van der Waals surface area contributed by atoms with E-state index in [-0.39, 0.29) is 11.9 Å². The van der Waals surface area contributed by atoms with Gasteiger partial charge in [0.15, 0.2) is 11.5 Å². The summed E-state index contributed by atoms with van der Waals surface area (Å²) in [5.41, 5.74) is 9.24. The van der Waals surface area contributed by atoms with Crippen molar-refractivity contribution in [1.82, 2.24) is 9.88 Å². The number of carbonyl (C=O) groups is 1. The molecule has 0 unspecified atom stereocenters. The maximum absolute atomic E-state index is 15.0. The number of amides is 1. The number of pyridine rings is 1. The van der Waals surface area contributed by atoms with Gasteiger partial charge >= 0.3 is 0 Å². The number of rotatable bonds is 4. The SMILES string of the molecule is COc1ccc(-c2c(F)ccc3c(N)c4c(nc23)CN(C2CCC2)C4=O)cc1OC. The van der Waals surface area contributed by atoms with E-state index in [1.807, 2.05) is 4.90 Å². The lowest BCUT2D eigenvalue weighted by atomic mass is 9.92. The Morgan fingerprint density at radius 2 is 1.87 bits per heavy atom. The fourth-order valence-electron chi connectivity index (χ4n) is 4.37. The maximum atomic E-state index is 15.0. The second kappa shape index (κ2) is 6.86. The highest BCUT2D eigenvalue weighted by atomic mass is 19.1. The molecule has 1 aliphatic carbocycles. The lowest BCUT2D eigenvalue weighted by Gasteiger charge is -2.34. The molecule has 2 aromatic carbocycles. The molecule has 1 aliphatic heterocycles. The molecule has 3 aromatic rings. The monoisotopic (exact) mass is 407 g/mol. The summed E-state index contributed by atoms with van der Waals surface area (Å²) < 4.78 is 25.7. The van der Waals surface area contributed by atoms with Crippen LogP contribution in [-0.2, 0) is 6.54 Å². The van der Waals surface area contributed by atoms with Gasteiger partial charge in [0.2, 0.25) is 0 Å². The topological polar surface area (TPSA) is 77.7 Å². The molecule has 2 aliphatic rings. The fourth-order valence-corrected chi connectivity index (χ4v) is 4.37. The summed E-state index contributed by atoms with van der Waals surface area (Å²) in [5.74, 6) is 0.559. The van der Waals surface area contributed by atoms with Crippen molar-refractivity contribution < 1.29 is 18.7 Å². The average Bonchev–Trinajstić information content (AvgIpc) is 3.02. The predicted molar refractivity (Wildman–Crippen MR) is 112 cm³/mol. The molecule has 6 nitrogen and oxygen atoms in total. The molecular formula is C23H22FN3O3. The van der Waals surface area contributed by atoms with Crippen molar-refractivity contribution in [3.63, 3.8) is 0 Å². The number of benzene rings is 2. The Hall–Kier alpha value is -3.35. The number of ether oxygens (including phenoxy) is 2. The van der Waals surface area contributed by atoms with E-state index in [4.69, 9.17) is 20.2 Å². The minimum absolute atomic E-state index is 0.0707. The first-order valence-corrected chi connectivity index (χ1v) is 9.97. The second-order valence-corrected chi connectivity index (χ2v) is 7.75. The molecule has 1 fully saturated rings. The number of fused-ring (bicyclic) bond motifs is 2. The first-order chi connectivity index (χ1) is 14.5. The third kappa shape index (κ3) is 2.61. The van der Waals surface area contributed by atoms with E-state index in [0.717, 1.165) is 19.3 Å². The van der Waals surface area contributed by atoms with Gasteiger partial charge in [-0.25, -0.2) is 9.37 Å². The summed E-state index contributed by atoms with van der Waals surface area (Å²) in [7, 11) is 3.08. The van der Waals surface area contributed by atoms with E-state index in [2.05, 4.69) is 0 Å². The van der Waals surface area contributed by atoms with Crippen LogP contribution in [0.2, 0.25) is 0 Å². The van der Waals surface area contributed by atoms with Gasteiger partial charge in [0, 0.05) is 17.0 Å². The zero-order valence-electron chi connectivity index (χ0n) is 16.9. The quantitative estimate of drug-likeness (QED) is 0.703. The number of methoxy groups -OCH3 is 2. The number of carbonyl (C=O) groups excluding carboxylic acids is 1. The molecule has 154 valence electrons. The Labute approximate surface area is 173 Å². The summed E-state index contributed by atoms with van der Waals surface area (Å²) in [5, 5.41) is 0.573. The van der Waals surface area contributed by atoms with E-state index in [0.29, 0.717) is 57.0 Å². The number of hydrogen-bond donors (Lipinski definition) is 1. The molecule has 1 aromatic heterocycles. The normalized spacial score (nSPS) is 16.0. The Kier molecular flexibility index (Phi) is 4.27. The molecule has 1 amide bonds. The molecule has 2 N–H and O–H groups in total. The van der Waals surface area contributed by atoms with E-state index in [1.54, 1.807) is 31.4 Å². The van der Waals surface area contributed by atoms with Gasteiger partial charge < -0.3 is 20.1 Å². The van der Waals surface area contributed by atoms with Crippen molar-refractivity contribution in [2.75, 3.05) is 20.0 Å². The molecule has 0 atom stereocenters. The Balaban J connectivity index is 1.71. The standard InChI is InChI=1S/C23H22FN3O3/c1-29-17-9-6-12(10-18(17)30-2)19-15(24)8-7-14-21(25)20-16(26-22(14)19)11-27(23(20)28)13-4-3-5-13/h6-10,13H,3-5,11H2,1-2H3,(H2,25,26). The third-order valence-corrected chi connectivity index (χ3v) is 6.20. The third-order valence-electron chi connectivity index (χ3n) is 6.20. The summed E-state index contributed by atoms with van der Waals surface area (Å²) in [6.45, 7) is 0.418. The molecule has 2 heterocycles. The zero-order valence-corrected chi connectivity index (χ0v) is 16.9. The van der Waals surface area contributed by atoms with Crippen LogP contribution in [0.25, 0.3) is 22.0 Å². The van der Waals surface area contributed by atoms with Crippen molar-refractivity contribution in [2.24, 2.45) is 0 Å². The fraction of sp³-hybridized carbons (Fsp3) is 0.304. The van der Waals surface area contributed by atoms with Gasteiger partial charge in [-0.05, 0) is 49.1 Å². The van der Waals surface area contributed by atoms with Gasteiger partial charge in [0.1, 0.15) is 5.82 Å². The second-order valence-electron chi connectivity index (χ2n) is 7.75. The molecular weight excluding hydrogens is 385 g/mol. The van der Waals surface area contributed by atoms with Gasteiger partial charge in [-0.2, -0.15) is 0 Å². The first-order valence-electron chi connectivity index (χ1n) is 9.97. The van der Waals surface area contributed by atoms with E-state index in [1.165, 1.54) is 13.2 Å². The van der Waals surface area contributed by atoms with Crippen LogP contribution in [-0.4, -0.2) is 36.1 Å². The first kappa shape index (κ1) is 18.7. The summed E-state index contributed by atoms with van der Waals surface area (Å²) in [6.07, 6.45) is 3.14. The minimum Gasteiger partial charge on any atom is -0.493 e. The van der Waals surface area contributed by atoms with Crippen molar-refractivity contribution in [1.29, 1.82) is 0 Å². The van der Waals surface area contributed by atoms with Crippen molar-refractivity contribution in [2.45, 2.75) is 31.8 Å². The molecule has 1 saturated carbocycles. The van der Waals surface area contributed by atoms with Gasteiger partial charge in [-0.1, -0.05) is 6.07 Å². The molecule has 7 heteroatoms. The summed E-state index contributed by atoms with van der Waals surface area (Å²) in [4.78, 5) is 19.6. The molecule has 0 radical (unpaired) electrons. The van der Waals surface area contributed by atoms with Crippen molar-refractivity contribution >= 4 is 22.5 Å². The largest absolute Gasteiger partial charge is 0.493 e. The number of nitrogens with two attached hydrogens (primary N) is 1. The lowest BCUT2D eigenvalue weighted by Crippen LogP contribution is -2.40. The van der Waals surface area contributed by atoms with Crippen LogP contribution < -0.4 is 15.2 Å². The number of halogens is 1. The highest BCUT2D eigenvalue weighted by Crippen LogP contribution is 2.41. The highest BCUT2D eigenvalue weighted by molar-refractivity contribution is 6.11. The zero-order chi connectivity index (χ0) is 21.0. The molecule has 0 spiro atoms.